The molecule has 0 saturated heterocycles. The summed E-state index contributed by atoms with van der Waals surface area (Å²) in [6.07, 6.45) is -4.87. The van der Waals surface area contributed by atoms with Crippen LogP contribution in [0.5, 0.6) is 5.75 Å². The van der Waals surface area contributed by atoms with Crippen LogP contribution in [-0.4, -0.2) is 29.0 Å². The average Bonchev–Trinajstić information content (AvgIpc) is 2.97. The van der Waals surface area contributed by atoms with Crippen molar-refractivity contribution in [3.8, 4) is 5.75 Å². The number of halogens is 3. The Morgan fingerprint density at radius 3 is 2.58 bits per heavy atom. The van der Waals surface area contributed by atoms with Gasteiger partial charge in [-0.05, 0) is 17.7 Å². The van der Waals surface area contributed by atoms with Gasteiger partial charge in [0.2, 0.25) is 0 Å². The van der Waals surface area contributed by atoms with Crippen LogP contribution in [0.2, 0.25) is 0 Å². The highest BCUT2D eigenvalue weighted by Gasteiger charge is 2.46. The summed E-state index contributed by atoms with van der Waals surface area (Å²) in [5, 5.41) is 17.3. The Morgan fingerprint density at radius 2 is 2.04 bits per heavy atom. The summed E-state index contributed by atoms with van der Waals surface area (Å²) in [5.41, 5.74) is 0.0923. The number of nitrogens with zero attached hydrogens (tertiary/aromatic N) is 2. The van der Waals surface area contributed by atoms with Crippen molar-refractivity contribution < 1.29 is 27.8 Å². The minimum absolute atomic E-state index is 0.0106. The molecule has 1 aliphatic heterocycles. The molecule has 0 spiro atoms. The van der Waals surface area contributed by atoms with Crippen molar-refractivity contribution in [3.05, 3.63) is 41.6 Å². The third kappa shape index (κ3) is 2.89. The summed E-state index contributed by atoms with van der Waals surface area (Å²) in [7, 11) is 1.49. The molecule has 0 saturated carbocycles. The number of aromatic nitrogens is 2. The molecule has 2 aromatic rings. The van der Waals surface area contributed by atoms with Crippen molar-refractivity contribution >= 4 is 11.8 Å². The Kier molecular flexibility index (Phi) is 3.86. The van der Waals surface area contributed by atoms with Crippen molar-refractivity contribution in [3.63, 3.8) is 0 Å². The summed E-state index contributed by atoms with van der Waals surface area (Å²) < 4.78 is 45.8. The summed E-state index contributed by atoms with van der Waals surface area (Å²) >= 11 is 0. The number of carbonyl (C=O) groups excluding carboxylic acids is 1. The molecular weight excluding hydrogens is 327 g/mol. The standard InChI is InChI=1S/C15H14F3N3O3/c1-24-9-4-2-8(3-5-9)10-6-12(15(16,17)18)21-13(19-10)7-11(20-21)14(22)23/h2-5,7,10,12,19H,6H2,1H3,(H,22,23)/p-1/t10-,12+/m0/s1. The fourth-order valence-electron chi connectivity index (χ4n) is 2.73. The van der Waals surface area contributed by atoms with E-state index in [2.05, 4.69) is 10.4 Å². The second kappa shape index (κ2) is 5.73. The first-order valence-electron chi connectivity index (χ1n) is 7.07. The number of carboxylic acids is 1. The second-order valence-electron chi connectivity index (χ2n) is 5.41. The molecule has 2 atom stereocenters. The van der Waals surface area contributed by atoms with Crippen LogP contribution in [0.3, 0.4) is 0 Å². The SMILES string of the molecule is COc1ccc([C@@H]2C[C@H](C(F)(F)F)n3nc(C(=O)[O-])cc3N2)cc1. The predicted molar refractivity (Wildman–Crippen MR) is 75.6 cm³/mol. The highest BCUT2D eigenvalue weighted by atomic mass is 19.4. The molecule has 0 radical (unpaired) electrons. The molecule has 9 heteroatoms. The van der Waals surface area contributed by atoms with Crippen molar-refractivity contribution in [2.75, 3.05) is 12.4 Å². The third-order valence-corrected chi connectivity index (χ3v) is 3.92. The van der Waals surface area contributed by atoms with Crippen LogP contribution in [-0.2, 0) is 0 Å². The number of benzene rings is 1. The van der Waals surface area contributed by atoms with Crippen LogP contribution >= 0.6 is 0 Å². The molecule has 3 rings (SSSR count). The van der Waals surface area contributed by atoms with Crippen molar-refractivity contribution in [1.29, 1.82) is 0 Å². The number of rotatable bonds is 3. The fourth-order valence-corrected chi connectivity index (χ4v) is 2.73. The van der Waals surface area contributed by atoms with Crippen LogP contribution in [0.1, 0.15) is 34.6 Å². The Balaban J connectivity index is 1.98. The number of carbonyl (C=O) groups is 1. The molecule has 2 heterocycles. The zero-order chi connectivity index (χ0) is 17.5. The van der Waals surface area contributed by atoms with Gasteiger partial charge in [0.05, 0.1) is 19.1 Å². The van der Waals surface area contributed by atoms with Crippen molar-refractivity contribution in [1.82, 2.24) is 9.78 Å². The quantitative estimate of drug-likeness (QED) is 0.923. The number of ether oxygens (including phenoxy) is 1. The molecule has 1 N–H and O–H groups in total. The van der Waals surface area contributed by atoms with Crippen LogP contribution < -0.4 is 15.2 Å². The number of anilines is 1. The zero-order valence-electron chi connectivity index (χ0n) is 12.5. The zero-order valence-corrected chi connectivity index (χ0v) is 12.5. The number of nitrogens with one attached hydrogen (secondary N) is 1. The van der Waals surface area contributed by atoms with Crippen molar-refractivity contribution in [2.45, 2.75) is 24.7 Å². The fraction of sp³-hybridized carbons (Fsp3) is 0.333. The van der Waals surface area contributed by atoms with Crippen LogP contribution in [0.4, 0.5) is 19.0 Å². The highest BCUT2D eigenvalue weighted by molar-refractivity contribution is 5.84. The van der Waals surface area contributed by atoms with E-state index in [1.807, 2.05) is 0 Å². The van der Waals surface area contributed by atoms with E-state index in [0.29, 0.717) is 16.0 Å². The topological polar surface area (TPSA) is 79.2 Å². The van der Waals surface area contributed by atoms with Gasteiger partial charge in [0, 0.05) is 12.5 Å². The largest absolute Gasteiger partial charge is 0.543 e. The maximum absolute atomic E-state index is 13.4. The number of methoxy groups -OCH3 is 1. The summed E-state index contributed by atoms with van der Waals surface area (Å²) in [6.45, 7) is 0. The van der Waals surface area contributed by atoms with Gasteiger partial charge >= 0.3 is 6.18 Å². The number of hydrogen-bond acceptors (Lipinski definition) is 5. The Morgan fingerprint density at radius 1 is 1.38 bits per heavy atom. The summed E-state index contributed by atoms with van der Waals surface area (Å²) in [5.74, 6) is -1.05. The van der Waals surface area contributed by atoms with E-state index in [1.165, 1.54) is 7.11 Å². The van der Waals surface area contributed by atoms with E-state index in [0.717, 1.165) is 6.07 Å². The van der Waals surface area contributed by atoms with Gasteiger partial charge in [-0.25, -0.2) is 4.68 Å². The molecule has 1 aromatic carbocycles. The smallest absolute Gasteiger partial charge is 0.410 e. The van der Waals surface area contributed by atoms with E-state index in [-0.39, 0.29) is 12.2 Å². The van der Waals surface area contributed by atoms with Crippen LogP contribution in [0.25, 0.3) is 0 Å². The van der Waals surface area contributed by atoms with Crippen LogP contribution in [0, 0.1) is 0 Å². The number of fused-ring (bicyclic) bond motifs is 1. The van der Waals surface area contributed by atoms with Gasteiger partial charge in [-0.3, -0.25) is 0 Å². The summed E-state index contributed by atoms with van der Waals surface area (Å²) in [6, 6.07) is 5.11. The molecular formula is C15H13F3N3O3-. The third-order valence-electron chi connectivity index (χ3n) is 3.92. The number of carboxylic acid groups (broad SMARTS) is 1. The maximum atomic E-state index is 13.4. The molecule has 0 bridgehead atoms. The molecule has 128 valence electrons. The lowest BCUT2D eigenvalue weighted by Crippen LogP contribution is -2.35. The lowest BCUT2D eigenvalue weighted by molar-refractivity contribution is -0.255. The normalized spacial score (nSPS) is 20.2. The Hall–Kier alpha value is -2.71. The van der Waals surface area contributed by atoms with Gasteiger partial charge in [0.25, 0.3) is 0 Å². The maximum Gasteiger partial charge on any atom is 0.410 e. The van der Waals surface area contributed by atoms with Gasteiger partial charge in [-0.1, -0.05) is 12.1 Å². The van der Waals surface area contributed by atoms with E-state index in [1.54, 1.807) is 24.3 Å². The van der Waals surface area contributed by atoms with Crippen LogP contribution in [0.15, 0.2) is 30.3 Å². The van der Waals surface area contributed by atoms with E-state index < -0.39 is 29.9 Å². The number of aromatic carboxylic acids is 1. The van der Waals surface area contributed by atoms with E-state index >= 15 is 0 Å². The average molecular weight is 340 g/mol. The van der Waals surface area contributed by atoms with E-state index in [4.69, 9.17) is 4.74 Å². The van der Waals surface area contributed by atoms with Gasteiger partial charge < -0.3 is 20.0 Å². The predicted octanol–water partition coefficient (Wildman–Crippen LogP) is 1.92. The molecule has 0 aliphatic carbocycles. The van der Waals surface area contributed by atoms with Gasteiger partial charge in [-0.2, -0.15) is 18.3 Å². The summed E-state index contributed by atoms with van der Waals surface area (Å²) in [4.78, 5) is 10.9. The lowest BCUT2D eigenvalue weighted by Gasteiger charge is -2.33. The van der Waals surface area contributed by atoms with Gasteiger partial charge in [-0.15, -0.1) is 0 Å². The molecule has 0 amide bonds. The first-order valence-corrected chi connectivity index (χ1v) is 7.07. The lowest BCUT2D eigenvalue weighted by atomic mass is 9.97. The second-order valence-corrected chi connectivity index (χ2v) is 5.41. The molecule has 1 aliphatic rings. The molecule has 1 aromatic heterocycles. The molecule has 6 nitrogen and oxygen atoms in total. The Labute approximate surface area is 134 Å². The minimum atomic E-state index is -4.56. The first kappa shape index (κ1) is 16.2. The number of hydrogen-bond donors (Lipinski definition) is 1. The number of alkyl halides is 3. The van der Waals surface area contributed by atoms with Gasteiger partial charge in [0.15, 0.2) is 6.04 Å². The minimum Gasteiger partial charge on any atom is -0.543 e. The first-order chi connectivity index (χ1) is 11.3. The van der Waals surface area contributed by atoms with Gasteiger partial charge in [0.1, 0.15) is 17.3 Å². The molecule has 0 unspecified atom stereocenters. The van der Waals surface area contributed by atoms with E-state index in [9.17, 15) is 23.1 Å². The monoisotopic (exact) mass is 340 g/mol. The Bertz CT molecular complexity index is 756. The van der Waals surface area contributed by atoms with Crippen molar-refractivity contribution in [2.24, 2.45) is 0 Å². The molecule has 24 heavy (non-hydrogen) atoms. The molecule has 0 fully saturated rings. The highest BCUT2D eigenvalue weighted by Crippen LogP contribution is 2.43.